The summed E-state index contributed by atoms with van der Waals surface area (Å²) in [5.74, 6) is -1.83. The number of hydrogen-bond donors (Lipinski definition) is 5. The normalized spacial score (nSPS) is 11.8. The second-order valence-electron chi connectivity index (χ2n) is 2.72. The third-order valence-corrected chi connectivity index (χ3v) is 1.54. The minimum absolute atomic E-state index is 0.189. The third kappa shape index (κ3) is 6.57. The van der Waals surface area contributed by atoms with Gasteiger partial charge in [0.15, 0.2) is 0 Å². The second kappa shape index (κ2) is 5.50. The highest BCUT2D eigenvalue weighted by atomic mass is 16.5. The molecule has 5 nitrogen and oxygen atoms in total. The van der Waals surface area contributed by atoms with E-state index < -0.39 is 13.0 Å². The molecule has 5 N–H and O–H groups in total. The SMILES string of the molecule is CCC(O)(O)NCCCB(O)O. The Hall–Kier alpha value is -0.135. The van der Waals surface area contributed by atoms with Crippen LogP contribution in [-0.2, 0) is 0 Å². The molecule has 0 radical (unpaired) electrons. The highest BCUT2D eigenvalue weighted by Gasteiger charge is 2.18. The molecular formula is C6H16BNO4. The van der Waals surface area contributed by atoms with E-state index in [1.54, 1.807) is 6.92 Å². The van der Waals surface area contributed by atoms with Crippen molar-refractivity contribution in [2.24, 2.45) is 0 Å². The fourth-order valence-corrected chi connectivity index (χ4v) is 0.698. The van der Waals surface area contributed by atoms with Crippen LogP contribution < -0.4 is 5.32 Å². The van der Waals surface area contributed by atoms with Crippen molar-refractivity contribution in [3.63, 3.8) is 0 Å². The molecule has 0 rings (SSSR count). The first-order valence-electron chi connectivity index (χ1n) is 4.04. The quantitative estimate of drug-likeness (QED) is 0.193. The van der Waals surface area contributed by atoms with Crippen LogP contribution in [0.25, 0.3) is 0 Å². The maximum absolute atomic E-state index is 9.01. The predicted molar refractivity (Wildman–Crippen MR) is 45.1 cm³/mol. The van der Waals surface area contributed by atoms with E-state index in [0.29, 0.717) is 13.0 Å². The molecule has 0 heterocycles. The highest BCUT2D eigenvalue weighted by Crippen LogP contribution is 2.00. The average Bonchev–Trinajstić information content (AvgIpc) is 1.98. The molecule has 0 atom stereocenters. The lowest BCUT2D eigenvalue weighted by atomic mass is 9.84. The first-order valence-corrected chi connectivity index (χ1v) is 4.04. The van der Waals surface area contributed by atoms with E-state index in [1.807, 2.05) is 0 Å². The molecule has 0 saturated heterocycles. The Kier molecular flexibility index (Phi) is 5.44. The lowest BCUT2D eigenvalue weighted by Crippen LogP contribution is -2.44. The van der Waals surface area contributed by atoms with Crippen molar-refractivity contribution in [3.05, 3.63) is 0 Å². The molecule has 0 aliphatic rings. The molecule has 72 valence electrons. The molecule has 0 aliphatic carbocycles. The Balaban J connectivity index is 3.31. The average molecular weight is 177 g/mol. The summed E-state index contributed by atoms with van der Waals surface area (Å²) < 4.78 is 0. The summed E-state index contributed by atoms with van der Waals surface area (Å²) in [6.45, 7) is 1.98. The number of aliphatic hydroxyl groups is 2. The molecule has 0 fully saturated rings. The van der Waals surface area contributed by atoms with Crippen LogP contribution in [-0.4, -0.2) is 39.8 Å². The fourth-order valence-electron chi connectivity index (χ4n) is 0.698. The summed E-state index contributed by atoms with van der Waals surface area (Å²) in [4.78, 5) is 0. The fraction of sp³-hybridized carbons (Fsp3) is 1.00. The maximum atomic E-state index is 9.01. The van der Waals surface area contributed by atoms with Gasteiger partial charge in [0.1, 0.15) is 0 Å². The lowest BCUT2D eigenvalue weighted by molar-refractivity contribution is -0.186. The Morgan fingerprint density at radius 2 is 1.92 bits per heavy atom. The van der Waals surface area contributed by atoms with E-state index in [4.69, 9.17) is 20.3 Å². The minimum atomic E-state index is -1.83. The number of nitrogens with one attached hydrogen (secondary N) is 1. The first kappa shape index (κ1) is 11.9. The van der Waals surface area contributed by atoms with Crippen molar-refractivity contribution in [2.45, 2.75) is 32.0 Å². The Labute approximate surface area is 72.2 Å². The van der Waals surface area contributed by atoms with Gasteiger partial charge in [0.2, 0.25) is 5.91 Å². The van der Waals surface area contributed by atoms with Crippen LogP contribution in [0.1, 0.15) is 19.8 Å². The van der Waals surface area contributed by atoms with Crippen LogP contribution in [0.4, 0.5) is 0 Å². The summed E-state index contributed by atoms with van der Waals surface area (Å²) in [6, 6.07) is 0. The summed E-state index contributed by atoms with van der Waals surface area (Å²) in [5, 5.41) is 37.4. The van der Waals surface area contributed by atoms with Crippen molar-refractivity contribution < 1.29 is 20.3 Å². The van der Waals surface area contributed by atoms with Gasteiger partial charge in [-0.05, 0) is 19.3 Å². The zero-order valence-electron chi connectivity index (χ0n) is 7.19. The predicted octanol–water partition coefficient (Wildman–Crippen LogP) is -1.51. The lowest BCUT2D eigenvalue weighted by Gasteiger charge is -2.20. The summed E-state index contributed by atoms with van der Waals surface area (Å²) in [6.07, 6.45) is 0.905. The van der Waals surface area contributed by atoms with Crippen LogP contribution >= 0.6 is 0 Å². The second-order valence-corrected chi connectivity index (χ2v) is 2.72. The van der Waals surface area contributed by atoms with Crippen molar-refractivity contribution in [2.75, 3.05) is 6.54 Å². The molecule has 0 bridgehead atoms. The van der Waals surface area contributed by atoms with E-state index in [1.165, 1.54) is 0 Å². The van der Waals surface area contributed by atoms with Crippen LogP contribution in [0, 0.1) is 0 Å². The van der Waals surface area contributed by atoms with Crippen molar-refractivity contribution >= 4 is 7.12 Å². The third-order valence-electron chi connectivity index (χ3n) is 1.54. The monoisotopic (exact) mass is 177 g/mol. The molecule has 0 aromatic rings. The maximum Gasteiger partial charge on any atom is 0.451 e. The smallest absolute Gasteiger partial charge is 0.427 e. The largest absolute Gasteiger partial charge is 0.451 e. The zero-order chi connectivity index (χ0) is 9.61. The zero-order valence-corrected chi connectivity index (χ0v) is 7.19. The van der Waals surface area contributed by atoms with E-state index in [9.17, 15) is 0 Å². The Morgan fingerprint density at radius 1 is 1.33 bits per heavy atom. The molecular weight excluding hydrogens is 161 g/mol. The van der Waals surface area contributed by atoms with Gasteiger partial charge in [-0.15, -0.1) is 0 Å². The summed E-state index contributed by atoms with van der Waals surface area (Å²) >= 11 is 0. The van der Waals surface area contributed by atoms with E-state index >= 15 is 0 Å². The highest BCUT2D eigenvalue weighted by molar-refractivity contribution is 6.40. The molecule has 0 aliphatic heterocycles. The van der Waals surface area contributed by atoms with Crippen LogP contribution in [0.3, 0.4) is 0 Å². The van der Waals surface area contributed by atoms with Crippen molar-refractivity contribution in [3.8, 4) is 0 Å². The van der Waals surface area contributed by atoms with Gasteiger partial charge in [-0.2, -0.15) is 0 Å². The standard InChI is InChI=1S/C6H16BNO4/c1-2-6(9,10)8-5-3-4-7(11)12/h8-12H,2-5H2,1H3. The molecule has 0 aromatic carbocycles. The van der Waals surface area contributed by atoms with E-state index in [0.717, 1.165) is 0 Å². The topological polar surface area (TPSA) is 93.0 Å². The molecule has 0 unspecified atom stereocenters. The van der Waals surface area contributed by atoms with Gasteiger partial charge < -0.3 is 20.3 Å². The minimum Gasteiger partial charge on any atom is -0.427 e. The van der Waals surface area contributed by atoms with Crippen molar-refractivity contribution in [1.82, 2.24) is 5.32 Å². The van der Waals surface area contributed by atoms with E-state index in [-0.39, 0.29) is 12.7 Å². The van der Waals surface area contributed by atoms with Crippen LogP contribution in [0.2, 0.25) is 6.32 Å². The summed E-state index contributed by atoms with van der Waals surface area (Å²) in [5.41, 5.74) is 0. The van der Waals surface area contributed by atoms with E-state index in [2.05, 4.69) is 5.32 Å². The van der Waals surface area contributed by atoms with Crippen LogP contribution in [0.5, 0.6) is 0 Å². The van der Waals surface area contributed by atoms with Crippen molar-refractivity contribution in [1.29, 1.82) is 0 Å². The molecule has 0 saturated carbocycles. The first-order chi connectivity index (χ1) is 5.48. The van der Waals surface area contributed by atoms with Gasteiger partial charge >= 0.3 is 7.12 Å². The van der Waals surface area contributed by atoms with Gasteiger partial charge in [0.05, 0.1) is 0 Å². The molecule has 0 spiro atoms. The molecule has 0 amide bonds. The van der Waals surface area contributed by atoms with Crippen LogP contribution in [0.15, 0.2) is 0 Å². The molecule has 0 aromatic heterocycles. The van der Waals surface area contributed by atoms with Gasteiger partial charge in [-0.25, -0.2) is 0 Å². The van der Waals surface area contributed by atoms with Gasteiger partial charge in [0.25, 0.3) is 0 Å². The number of rotatable bonds is 6. The molecule has 6 heteroatoms. The summed E-state index contributed by atoms with van der Waals surface area (Å²) in [7, 11) is -1.32. The molecule has 12 heavy (non-hydrogen) atoms. The van der Waals surface area contributed by atoms with Gasteiger partial charge in [0, 0.05) is 6.42 Å². The van der Waals surface area contributed by atoms with Gasteiger partial charge in [-0.1, -0.05) is 6.92 Å². The van der Waals surface area contributed by atoms with Gasteiger partial charge in [-0.3, -0.25) is 5.32 Å². The Bertz CT molecular complexity index is 120. The Morgan fingerprint density at radius 3 is 2.33 bits per heavy atom. The number of hydrogen-bond acceptors (Lipinski definition) is 5.